The molecule has 18 heavy (non-hydrogen) atoms. The van der Waals surface area contributed by atoms with Crippen LogP contribution in [0.5, 0.6) is 11.5 Å². The molecule has 1 aromatic heterocycles. The number of hydrogen-bond donors (Lipinski definition) is 2. The number of ether oxygens (including phenoxy) is 1. The average molecular weight is 244 g/mol. The molecule has 0 bridgehead atoms. The number of rotatable bonds is 3. The third-order valence-electron chi connectivity index (χ3n) is 2.36. The van der Waals surface area contributed by atoms with E-state index in [1.165, 1.54) is 19.2 Å². The fourth-order valence-corrected chi connectivity index (χ4v) is 1.47. The topological polar surface area (TPSA) is 71.5 Å². The molecule has 0 saturated carbocycles. The molecule has 2 N–H and O–H groups in total. The number of phenolic OH excluding ortho intramolecular Hbond substituents is 1. The van der Waals surface area contributed by atoms with Crippen LogP contribution < -0.4 is 10.1 Å². The second-order valence-electron chi connectivity index (χ2n) is 3.58. The minimum absolute atomic E-state index is 0.0728. The Morgan fingerprint density at radius 1 is 1.39 bits per heavy atom. The van der Waals surface area contributed by atoms with Crippen LogP contribution in [0, 0.1) is 0 Å². The zero-order chi connectivity index (χ0) is 13.0. The summed E-state index contributed by atoms with van der Waals surface area (Å²) >= 11 is 0. The van der Waals surface area contributed by atoms with Gasteiger partial charge in [0.15, 0.2) is 11.5 Å². The summed E-state index contributed by atoms with van der Waals surface area (Å²) in [7, 11) is 1.45. The summed E-state index contributed by atoms with van der Waals surface area (Å²) in [6.45, 7) is 0. The number of phenols is 1. The van der Waals surface area contributed by atoms with Crippen LogP contribution in [0.3, 0.4) is 0 Å². The van der Waals surface area contributed by atoms with Crippen LogP contribution in [0.15, 0.2) is 42.7 Å². The van der Waals surface area contributed by atoms with Gasteiger partial charge in [0.25, 0.3) is 5.91 Å². The maximum Gasteiger partial charge on any atom is 0.255 e. The largest absolute Gasteiger partial charge is 0.504 e. The lowest BCUT2D eigenvalue weighted by molar-refractivity contribution is 0.102. The van der Waals surface area contributed by atoms with Gasteiger partial charge in [-0.1, -0.05) is 0 Å². The van der Waals surface area contributed by atoms with Crippen molar-refractivity contribution >= 4 is 11.6 Å². The van der Waals surface area contributed by atoms with Crippen LogP contribution in [-0.4, -0.2) is 23.1 Å². The number of carbonyl (C=O) groups is 1. The van der Waals surface area contributed by atoms with E-state index in [4.69, 9.17) is 4.74 Å². The maximum absolute atomic E-state index is 11.9. The van der Waals surface area contributed by atoms with Crippen LogP contribution in [0.25, 0.3) is 0 Å². The molecule has 0 atom stereocenters. The molecule has 0 fully saturated rings. The molecular weight excluding hydrogens is 232 g/mol. The Bertz CT molecular complexity index is 555. The Labute approximate surface area is 104 Å². The Kier molecular flexibility index (Phi) is 3.43. The van der Waals surface area contributed by atoms with Crippen LogP contribution in [0.1, 0.15) is 10.4 Å². The molecule has 0 radical (unpaired) electrons. The van der Waals surface area contributed by atoms with Gasteiger partial charge in [-0.2, -0.15) is 0 Å². The fourth-order valence-electron chi connectivity index (χ4n) is 1.47. The van der Waals surface area contributed by atoms with Crippen LogP contribution >= 0.6 is 0 Å². The van der Waals surface area contributed by atoms with Crippen molar-refractivity contribution in [3.8, 4) is 11.5 Å². The van der Waals surface area contributed by atoms with E-state index in [0.717, 1.165) is 0 Å². The van der Waals surface area contributed by atoms with Crippen molar-refractivity contribution < 1.29 is 14.6 Å². The summed E-state index contributed by atoms with van der Waals surface area (Å²) in [5.74, 6) is -0.0646. The lowest BCUT2D eigenvalue weighted by Crippen LogP contribution is -2.11. The van der Waals surface area contributed by atoms with E-state index in [2.05, 4.69) is 10.3 Å². The van der Waals surface area contributed by atoms with E-state index >= 15 is 0 Å². The SMILES string of the molecule is COc1ccc(C(=O)Nc2cccnc2)cc1O. The van der Waals surface area contributed by atoms with E-state index in [9.17, 15) is 9.90 Å². The Balaban J connectivity index is 2.17. The molecule has 0 aliphatic heterocycles. The molecule has 0 saturated heterocycles. The predicted octanol–water partition coefficient (Wildman–Crippen LogP) is 2.05. The standard InChI is InChI=1S/C13H12N2O3/c1-18-12-5-4-9(7-11(12)16)13(17)15-10-3-2-6-14-8-10/h2-8,16H,1H3,(H,15,17). The molecule has 1 heterocycles. The van der Waals surface area contributed by atoms with Gasteiger partial charge in [-0.05, 0) is 30.3 Å². The summed E-state index contributed by atoms with van der Waals surface area (Å²) < 4.78 is 4.91. The number of pyridine rings is 1. The van der Waals surface area contributed by atoms with Gasteiger partial charge in [0.05, 0.1) is 19.0 Å². The molecule has 0 spiro atoms. The number of carbonyl (C=O) groups excluding carboxylic acids is 1. The molecule has 0 aliphatic rings. The van der Waals surface area contributed by atoms with E-state index in [-0.39, 0.29) is 11.7 Å². The van der Waals surface area contributed by atoms with Gasteiger partial charge in [0.1, 0.15) is 0 Å². The molecule has 2 aromatic rings. The number of aromatic nitrogens is 1. The molecule has 0 unspecified atom stereocenters. The first-order valence-corrected chi connectivity index (χ1v) is 5.29. The first-order valence-electron chi connectivity index (χ1n) is 5.29. The smallest absolute Gasteiger partial charge is 0.255 e. The summed E-state index contributed by atoms with van der Waals surface area (Å²) in [6.07, 6.45) is 3.16. The average Bonchev–Trinajstić information content (AvgIpc) is 2.39. The highest BCUT2D eigenvalue weighted by Gasteiger charge is 2.09. The molecule has 92 valence electrons. The fraction of sp³-hybridized carbons (Fsp3) is 0.0769. The molecule has 5 nitrogen and oxygen atoms in total. The quantitative estimate of drug-likeness (QED) is 0.866. The summed E-state index contributed by atoms with van der Waals surface area (Å²) in [5.41, 5.74) is 0.940. The first kappa shape index (κ1) is 11.9. The highest BCUT2D eigenvalue weighted by Crippen LogP contribution is 2.26. The number of amides is 1. The van der Waals surface area contributed by atoms with Crippen molar-refractivity contribution in [1.82, 2.24) is 4.98 Å². The van der Waals surface area contributed by atoms with Crippen molar-refractivity contribution in [2.24, 2.45) is 0 Å². The van der Waals surface area contributed by atoms with Gasteiger partial charge >= 0.3 is 0 Å². The highest BCUT2D eigenvalue weighted by molar-refractivity contribution is 6.04. The minimum Gasteiger partial charge on any atom is -0.504 e. The third kappa shape index (κ3) is 2.57. The molecule has 0 aliphatic carbocycles. The summed E-state index contributed by atoms with van der Waals surface area (Å²) in [4.78, 5) is 15.8. The van der Waals surface area contributed by atoms with E-state index in [1.54, 1.807) is 30.6 Å². The highest BCUT2D eigenvalue weighted by atomic mass is 16.5. The van der Waals surface area contributed by atoms with Crippen molar-refractivity contribution in [3.63, 3.8) is 0 Å². The lowest BCUT2D eigenvalue weighted by atomic mass is 10.2. The predicted molar refractivity (Wildman–Crippen MR) is 66.8 cm³/mol. The summed E-state index contributed by atoms with van der Waals surface area (Å²) in [5, 5.41) is 12.3. The zero-order valence-electron chi connectivity index (χ0n) is 9.75. The number of nitrogens with one attached hydrogen (secondary N) is 1. The number of nitrogens with zero attached hydrogens (tertiary/aromatic N) is 1. The van der Waals surface area contributed by atoms with Gasteiger partial charge in [-0.25, -0.2) is 0 Å². The minimum atomic E-state index is -0.319. The first-order chi connectivity index (χ1) is 8.70. The van der Waals surface area contributed by atoms with Gasteiger partial charge in [0.2, 0.25) is 0 Å². The second kappa shape index (κ2) is 5.18. The maximum atomic E-state index is 11.9. The molecular formula is C13H12N2O3. The van der Waals surface area contributed by atoms with E-state index in [1.807, 2.05) is 0 Å². The van der Waals surface area contributed by atoms with Crippen LogP contribution in [-0.2, 0) is 0 Å². The number of anilines is 1. The Morgan fingerprint density at radius 2 is 2.22 bits per heavy atom. The van der Waals surface area contributed by atoms with Gasteiger partial charge in [-0.15, -0.1) is 0 Å². The second-order valence-corrected chi connectivity index (χ2v) is 3.58. The van der Waals surface area contributed by atoms with Crippen molar-refractivity contribution in [1.29, 1.82) is 0 Å². The molecule has 1 amide bonds. The van der Waals surface area contributed by atoms with Crippen LogP contribution in [0.2, 0.25) is 0 Å². The molecule has 2 rings (SSSR count). The monoisotopic (exact) mass is 244 g/mol. The van der Waals surface area contributed by atoms with Crippen molar-refractivity contribution in [2.45, 2.75) is 0 Å². The van der Waals surface area contributed by atoms with E-state index < -0.39 is 0 Å². The summed E-state index contributed by atoms with van der Waals surface area (Å²) in [6, 6.07) is 7.91. The zero-order valence-corrected chi connectivity index (χ0v) is 9.75. The van der Waals surface area contributed by atoms with Gasteiger partial charge in [0, 0.05) is 11.8 Å². The molecule has 5 heteroatoms. The van der Waals surface area contributed by atoms with E-state index in [0.29, 0.717) is 17.0 Å². The number of methoxy groups -OCH3 is 1. The number of aromatic hydroxyl groups is 1. The number of hydrogen-bond acceptors (Lipinski definition) is 4. The number of benzene rings is 1. The van der Waals surface area contributed by atoms with Crippen molar-refractivity contribution in [2.75, 3.05) is 12.4 Å². The normalized spacial score (nSPS) is 9.83. The third-order valence-corrected chi connectivity index (χ3v) is 2.36. The molecule has 1 aromatic carbocycles. The lowest BCUT2D eigenvalue weighted by Gasteiger charge is -2.07. The Hall–Kier alpha value is -2.56. The van der Waals surface area contributed by atoms with Crippen LogP contribution in [0.4, 0.5) is 5.69 Å². The van der Waals surface area contributed by atoms with Gasteiger partial charge in [-0.3, -0.25) is 9.78 Å². The Morgan fingerprint density at radius 3 is 2.83 bits per heavy atom. The van der Waals surface area contributed by atoms with Gasteiger partial charge < -0.3 is 15.2 Å². The van der Waals surface area contributed by atoms with Crippen molar-refractivity contribution in [3.05, 3.63) is 48.3 Å².